The highest BCUT2D eigenvalue weighted by Crippen LogP contribution is 2.56. The zero-order valence-corrected chi connectivity index (χ0v) is 18.0. The monoisotopic (exact) mass is 457 g/mol. The van der Waals surface area contributed by atoms with Crippen LogP contribution in [0.4, 0.5) is 5.69 Å². The van der Waals surface area contributed by atoms with Crippen molar-refractivity contribution in [3.05, 3.63) is 71.1 Å². The zero-order valence-electron chi connectivity index (χ0n) is 18.0. The molecule has 1 spiro atoms. The predicted octanol–water partition coefficient (Wildman–Crippen LogP) is 2.28. The molecule has 1 atom stereocenters. The van der Waals surface area contributed by atoms with Crippen molar-refractivity contribution in [2.24, 2.45) is 5.73 Å². The number of nitrogens with one attached hydrogen (secondary N) is 1. The van der Waals surface area contributed by atoms with E-state index < -0.39 is 23.8 Å². The number of nitrogens with two attached hydrogens (primary N) is 1. The molecule has 0 fully saturated rings. The predicted molar refractivity (Wildman–Crippen MR) is 120 cm³/mol. The topological polar surface area (TPSA) is 155 Å². The second kappa shape index (κ2) is 7.67. The second-order valence-corrected chi connectivity index (χ2v) is 7.74. The number of rotatable bonds is 5. The number of amides is 1. The number of H-pyrrole nitrogens is 1. The molecular weight excluding hydrogens is 438 g/mol. The van der Waals surface area contributed by atoms with Crippen LogP contribution < -0.4 is 20.1 Å². The van der Waals surface area contributed by atoms with Crippen LogP contribution in [0.25, 0.3) is 11.3 Å². The Morgan fingerprint density at radius 2 is 2.03 bits per heavy atom. The average Bonchev–Trinajstić information content (AvgIpc) is 3.34. The van der Waals surface area contributed by atoms with Crippen LogP contribution >= 0.6 is 0 Å². The molecule has 3 aromatic rings. The molecular formula is C24H19N5O5. The molecule has 1 aromatic heterocycles. The molecule has 5 rings (SSSR count). The van der Waals surface area contributed by atoms with Crippen molar-refractivity contribution in [2.75, 3.05) is 18.1 Å². The number of fused-ring (bicyclic) bond motifs is 4. The number of aliphatic carboxylic acids is 1. The van der Waals surface area contributed by atoms with Crippen LogP contribution in [-0.4, -0.2) is 40.3 Å². The van der Waals surface area contributed by atoms with E-state index in [0.29, 0.717) is 40.4 Å². The van der Waals surface area contributed by atoms with Gasteiger partial charge in [0.25, 0.3) is 0 Å². The summed E-state index contributed by atoms with van der Waals surface area (Å²) in [4.78, 5) is 26.8. The first kappa shape index (κ1) is 21.1. The molecule has 0 saturated heterocycles. The lowest BCUT2D eigenvalue weighted by atomic mass is 9.68. The maximum Gasteiger partial charge on any atom is 0.323 e. The van der Waals surface area contributed by atoms with Crippen molar-refractivity contribution in [3.8, 4) is 29.0 Å². The fraction of sp³-hybridized carbons (Fsp3) is 0.167. The van der Waals surface area contributed by atoms with Gasteiger partial charge in [-0.05, 0) is 37.3 Å². The van der Waals surface area contributed by atoms with E-state index in [1.165, 1.54) is 0 Å². The van der Waals surface area contributed by atoms with Gasteiger partial charge in [-0.2, -0.15) is 5.26 Å². The second-order valence-electron chi connectivity index (χ2n) is 7.74. The summed E-state index contributed by atoms with van der Waals surface area (Å²) < 4.78 is 11.2. The average molecular weight is 457 g/mol. The number of aromatic amines is 1. The molecule has 2 aromatic carbocycles. The summed E-state index contributed by atoms with van der Waals surface area (Å²) in [7, 11) is 0. The minimum absolute atomic E-state index is 0.0423. The zero-order chi connectivity index (χ0) is 24.0. The molecule has 10 nitrogen and oxygen atoms in total. The summed E-state index contributed by atoms with van der Waals surface area (Å²) in [5, 5.41) is 26.7. The number of ether oxygens (including phenoxy) is 2. The molecule has 3 heterocycles. The molecule has 0 unspecified atom stereocenters. The van der Waals surface area contributed by atoms with Crippen LogP contribution in [-0.2, 0) is 15.0 Å². The van der Waals surface area contributed by atoms with E-state index in [-0.39, 0.29) is 17.3 Å². The third-order valence-corrected chi connectivity index (χ3v) is 5.96. The molecule has 4 N–H and O–H groups in total. The molecule has 0 bridgehead atoms. The minimum atomic E-state index is -1.72. The van der Waals surface area contributed by atoms with E-state index in [1.807, 2.05) is 13.0 Å². The van der Waals surface area contributed by atoms with Crippen LogP contribution in [0.15, 0.2) is 60.0 Å². The Balaban J connectivity index is 1.81. The Kier molecular flexibility index (Phi) is 4.76. The largest absolute Gasteiger partial charge is 0.494 e. The number of carboxylic acids is 1. The Morgan fingerprint density at radius 3 is 2.71 bits per heavy atom. The number of carbonyl (C=O) groups is 2. The SMILES string of the molecule is CCOc1ccc(-c2[nH]nc3c2[C@]2(C(=O)N(CC(=O)O)c4ccccc42)C(C#N)=C(N)O3)cc1. The number of nitriles is 1. The van der Waals surface area contributed by atoms with Crippen molar-refractivity contribution in [3.63, 3.8) is 0 Å². The number of para-hydroxylation sites is 1. The molecule has 1 amide bonds. The highest BCUT2D eigenvalue weighted by Gasteiger charge is 2.61. The highest BCUT2D eigenvalue weighted by molar-refractivity contribution is 6.16. The lowest BCUT2D eigenvalue weighted by molar-refractivity contribution is -0.136. The first-order valence-electron chi connectivity index (χ1n) is 10.5. The van der Waals surface area contributed by atoms with Crippen LogP contribution in [0.1, 0.15) is 18.1 Å². The van der Waals surface area contributed by atoms with Gasteiger partial charge in [0.1, 0.15) is 29.4 Å². The van der Waals surface area contributed by atoms with Crippen molar-refractivity contribution in [2.45, 2.75) is 12.3 Å². The maximum atomic E-state index is 14.1. The molecule has 2 aliphatic heterocycles. The van der Waals surface area contributed by atoms with Gasteiger partial charge in [0, 0.05) is 16.8 Å². The maximum absolute atomic E-state index is 14.1. The first-order chi connectivity index (χ1) is 16.4. The molecule has 0 radical (unpaired) electrons. The molecule has 0 saturated carbocycles. The quantitative estimate of drug-likeness (QED) is 0.527. The van der Waals surface area contributed by atoms with Crippen molar-refractivity contribution >= 4 is 17.6 Å². The van der Waals surface area contributed by atoms with Crippen molar-refractivity contribution in [1.29, 1.82) is 5.26 Å². The number of benzene rings is 2. The van der Waals surface area contributed by atoms with E-state index in [9.17, 15) is 20.0 Å². The van der Waals surface area contributed by atoms with Gasteiger partial charge in [0.05, 0.1) is 17.9 Å². The molecule has 170 valence electrons. The van der Waals surface area contributed by atoms with Gasteiger partial charge in [-0.25, -0.2) is 0 Å². The van der Waals surface area contributed by atoms with Crippen molar-refractivity contribution < 1.29 is 24.2 Å². The van der Waals surface area contributed by atoms with Gasteiger partial charge >= 0.3 is 5.97 Å². The molecule has 2 aliphatic rings. The Labute approximate surface area is 193 Å². The van der Waals surface area contributed by atoms with Gasteiger partial charge in [0.2, 0.25) is 17.7 Å². The van der Waals surface area contributed by atoms with E-state index in [4.69, 9.17) is 15.2 Å². The molecule has 34 heavy (non-hydrogen) atoms. The summed E-state index contributed by atoms with van der Waals surface area (Å²) in [5.74, 6) is -1.36. The van der Waals surface area contributed by atoms with E-state index in [2.05, 4.69) is 10.2 Å². The highest BCUT2D eigenvalue weighted by atomic mass is 16.5. The van der Waals surface area contributed by atoms with E-state index in [1.54, 1.807) is 48.5 Å². The summed E-state index contributed by atoms with van der Waals surface area (Å²) in [6, 6.07) is 15.9. The third-order valence-electron chi connectivity index (χ3n) is 5.96. The van der Waals surface area contributed by atoms with Gasteiger partial charge < -0.3 is 20.3 Å². The first-order valence-corrected chi connectivity index (χ1v) is 10.5. The van der Waals surface area contributed by atoms with Crippen LogP contribution in [0.3, 0.4) is 0 Å². The number of hydrogen-bond donors (Lipinski definition) is 3. The Morgan fingerprint density at radius 1 is 1.29 bits per heavy atom. The number of aromatic nitrogens is 2. The lowest BCUT2D eigenvalue weighted by Crippen LogP contribution is -2.47. The van der Waals surface area contributed by atoms with Crippen LogP contribution in [0, 0.1) is 11.3 Å². The Bertz CT molecular complexity index is 1400. The number of carboxylic acid groups (broad SMARTS) is 1. The van der Waals surface area contributed by atoms with E-state index in [0.717, 1.165) is 4.90 Å². The molecule has 10 heteroatoms. The van der Waals surface area contributed by atoms with Crippen molar-refractivity contribution in [1.82, 2.24) is 10.2 Å². The number of anilines is 1. The number of carbonyl (C=O) groups excluding carboxylic acids is 1. The number of nitrogens with zero attached hydrogens (tertiary/aromatic N) is 3. The van der Waals surface area contributed by atoms with Gasteiger partial charge in [0.15, 0.2) is 0 Å². The van der Waals surface area contributed by atoms with Crippen LogP contribution in [0.2, 0.25) is 0 Å². The fourth-order valence-corrected chi connectivity index (χ4v) is 4.67. The standard InChI is InChI=1S/C24H19N5O5/c1-2-33-14-9-7-13(8-10-14)20-19-22(28-27-20)34-21(26)16(11-25)24(19)15-5-3-4-6-17(15)29(23(24)32)12-18(30)31/h3-10H,2,12,26H2,1H3,(H,27,28)(H,30,31)/t24-/m1/s1. The summed E-state index contributed by atoms with van der Waals surface area (Å²) in [6.45, 7) is 1.81. The van der Waals surface area contributed by atoms with Gasteiger partial charge in [-0.15, -0.1) is 5.10 Å². The third kappa shape index (κ3) is 2.77. The Hall–Kier alpha value is -4.78. The van der Waals surface area contributed by atoms with Gasteiger partial charge in [-0.3, -0.25) is 19.6 Å². The smallest absolute Gasteiger partial charge is 0.323 e. The molecule has 0 aliphatic carbocycles. The summed E-state index contributed by atoms with van der Waals surface area (Å²) >= 11 is 0. The van der Waals surface area contributed by atoms with E-state index >= 15 is 0 Å². The number of hydrogen-bond acceptors (Lipinski definition) is 7. The minimum Gasteiger partial charge on any atom is -0.494 e. The fourth-order valence-electron chi connectivity index (χ4n) is 4.67. The lowest BCUT2D eigenvalue weighted by Gasteiger charge is -2.32. The normalized spacial score (nSPS) is 18.4. The summed E-state index contributed by atoms with van der Waals surface area (Å²) in [5.41, 5.74) is 6.47. The van der Waals surface area contributed by atoms with Gasteiger partial charge in [-0.1, -0.05) is 18.2 Å². The van der Waals surface area contributed by atoms with Crippen LogP contribution in [0.5, 0.6) is 11.6 Å². The summed E-state index contributed by atoms with van der Waals surface area (Å²) in [6.07, 6.45) is 0.